The second kappa shape index (κ2) is 15.7. The first-order chi connectivity index (χ1) is 28.2. The minimum Gasteiger partial charge on any atom is -0.461 e. The summed E-state index contributed by atoms with van der Waals surface area (Å²) in [6.07, 6.45) is 5.99. The van der Waals surface area contributed by atoms with Crippen molar-refractivity contribution in [3.63, 3.8) is 0 Å². The maximum absolute atomic E-state index is 17.1. The highest BCUT2D eigenvalue weighted by molar-refractivity contribution is 6.99. The fourth-order valence-corrected chi connectivity index (χ4v) is 14.5. The zero-order valence-corrected chi connectivity index (χ0v) is 34.6. The molecule has 3 aliphatic rings. The third-order valence-electron chi connectivity index (χ3n) is 12.6. The molecule has 0 bridgehead atoms. The van der Waals surface area contributed by atoms with E-state index >= 15 is 8.78 Å². The molecular formula is C47H51F2N5O3Si. The summed E-state index contributed by atoms with van der Waals surface area (Å²) in [5.41, 5.74) is 0.440. The molecule has 0 aliphatic carbocycles. The van der Waals surface area contributed by atoms with Crippen LogP contribution in [0.15, 0.2) is 103 Å². The van der Waals surface area contributed by atoms with E-state index in [-0.39, 0.29) is 33.7 Å². The van der Waals surface area contributed by atoms with Crippen molar-refractivity contribution in [3.05, 3.63) is 115 Å². The van der Waals surface area contributed by atoms with E-state index in [1.54, 1.807) is 24.4 Å². The minimum absolute atomic E-state index is 0.0290. The maximum atomic E-state index is 17.1. The number of ether oxygens (including phenoxy) is 2. The molecule has 3 fully saturated rings. The van der Waals surface area contributed by atoms with Gasteiger partial charge in [0.1, 0.15) is 29.5 Å². The molecule has 1 unspecified atom stereocenters. The van der Waals surface area contributed by atoms with Gasteiger partial charge in [-0.05, 0) is 65.6 Å². The molecule has 0 saturated carbocycles. The number of hydrogen-bond acceptors (Lipinski definition) is 8. The van der Waals surface area contributed by atoms with E-state index in [0.29, 0.717) is 67.1 Å². The smallest absolute Gasteiger partial charge is 0.319 e. The van der Waals surface area contributed by atoms with Gasteiger partial charge >= 0.3 is 6.01 Å². The van der Waals surface area contributed by atoms with Gasteiger partial charge in [-0.1, -0.05) is 112 Å². The maximum Gasteiger partial charge on any atom is 0.319 e. The first-order valence-corrected chi connectivity index (χ1v) is 22.6. The van der Waals surface area contributed by atoms with E-state index in [2.05, 4.69) is 96.2 Å². The van der Waals surface area contributed by atoms with Crippen LogP contribution >= 0.6 is 0 Å². The highest BCUT2D eigenvalue weighted by Crippen LogP contribution is 2.41. The molecule has 2 aromatic heterocycles. The summed E-state index contributed by atoms with van der Waals surface area (Å²) in [5, 5.41) is 3.70. The van der Waals surface area contributed by atoms with Crippen molar-refractivity contribution in [3.8, 4) is 17.3 Å². The third-order valence-corrected chi connectivity index (χ3v) is 17.6. The fourth-order valence-electron chi connectivity index (χ4n) is 9.85. The van der Waals surface area contributed by atoms with Crippen LogP contribution in [0.25, 0.3) is 32.9 Å². The second-order valence-electron chi connectivity index (χ2n) is 17.2. The molecule has 5 heterocycles. The van der Waals surface area contributed by atoms with Crippen molar-refractivity contribution in [2.24, 2.45) is 5.92 Å². The van der Waals surface area contributed by atoms with Crippen molar-refractivity contribution < 1.29 is 22.7 Å². The Morgan fingerprint density at radius 3 is 2.22 bits per heavy atom. The number of aromatic nitrogens is 3. The molecule has 1 atom stereocenters. The molecule has 8 nitrogen and oxygen atoms in total. The highest BCUT2D eigenvalue weighted by atomic mass is 28.4. The monoisotopic (exact) mass is 799 g/mol. The van der Waals surface area contributed by atoms with Crippen molar-refractivity contribution >= 4 is 46.2 Å². The van der Waals surface area contributed by atoms with E-state index in [4.69, 9.17) is 23.9 Å². The number of anilines is 1. The van der Waals surface area contributed by atoms with Crippen LogP contribution < -0.4 is 20.0 Å². The predicted molar refractivity (Wildman–Crippen MR) is 229 cm³/mol. The standard InChI is InChI=1S/C47H51F2N5O3Si/c1-46(2,3)58(35-16-6-4-7-17-35,36-18-8-5-9-19-36)57-31-33-29-53(26-27-55-30-33)44-38-28-50-42(37-20-10-14-34-15-11-21-39(48)40(34)37)41(49)43(38)51-45(52-44)56-32-47-22-12-24-54(47)25-13-23-47/h4-11,14-21,28,33H,12-13,22-27,29-32H2,1-3H3. The van der Waals surface area contributed by atoms with Gasteiger partial charge in [0.2, 0.25) is 0 Å². The summed E-state index contributed by atoms with van der Waals surface area (Å²) in [7, 11) is -2.82. The predicted octanol–water partition coefficient (Wildman–Crippen LogP) is 8.16. The summed E-state index contributed by atoms with van der Waals surface area (Å²) in [5.74, 6) is -0.565. The SMILES string of the molecule is CC(C)(C)[Si](OCC1COCCN(c2nc(OCC34CCCN3CCC4)nc3c(F)c(-c4cccc5cccc(F)c45)ncc23)C1)(c1ccccc1)c1ccccc1. The first-order valence-electron chi connectivity index (χ1n) is 20.7. The molecule has 3 aliphatic heterocycles. The van der Waals surface area contributed by atoms with Gasteiger partial charge in [0.15, 0.2) is 5.82 Å². The molecule has 4 aromatic carbocycles. The minimum atomic E-state index is -2.82. The fraction of sp³-hybridized carbons (Fsp3) is 0.383. The van der Waals surface area contributed by atoms with Gasteiger partial charge < -0.3 is 18.8 Å². The van der Waals surface area contributed by atoms with Gasteiger partial charge in [-0.25, -0.2) is 8.78 Å². The average molecular weight is 800 g/mol. The van der Waals surface area contributed by atoms with Gasteiger partial charge in [-0.2, -0.15) is 9.97 Å². The molecule has 58 heavy (non-hydrogen) atoms. The number of halogens is 2. The number of fused-ring (bicyclic) bond motifs is 3. The van der Waals surface area contributed by atoms with Crippen molar-refractivity contribution in [2.75, 3.05) is 57.5 Å². The Kier molecular flexibility index (Phi) is 10.5. The lowest BCUT2D eigenvalue weighted by molar-refractivity contribution is 0.0992. The Labute approximate surface area is 340 Å². The molecule has 0 radical (unpaired) electrons. The number of benzene rings is 4. The van der Waals surface area contributed by atoms with Gasteiger partial charge in [-0.15, -0.1) is 0 Å². The molecule has 0 N–H and O–H groups in total. The summed E-state index contributed by atoms with van der Waals surface area (Å²) in [6.45, 7) is 11.9. The Bertz CT molecular complexity index is 2360. The molecule has 0 spiro atoms. The topological polar surface area (TPSA) is 72.8 Å². The zero-order chi connectivity index (χ0) is 39.9. The lowest BCUT2D eigenvalue weighted by Crippen LogP contribution is -2.67. The normalized spacial score (nSPS) is 18.8. The quantitative estimate of drug-likeness (QED) is 0.129. The number of pyridine rings is 1. The van der Waals surface area contributed by atoms with Crippen molar-refractivity contribution in [1.82, 2.24) is 19.9 Å². The Morgan fingerprint density at radius 1 is 0.845 bits per heavy atom. The van der Waals surface area contributed by atoms with E-state index in [9.17, 15) is 0 Å². The summed E-state index contributed by atoms with van der Waals surface area (Å²) >= 11 is 0. The van der Waals surface area contributed by atoms with Gasteiger partial charge in [0.05, 0.1) is 24.1 Å². The van der Waals surface area contributed by atoms with E-state index < -0.39 is 20.0 Å². The molecule has 0 amide bonds. The van der Waals surface area contributed by atoms with Crippen LogP contribution in [0.3, 0.4) is 0 Å². The largest absolute Gasteiger partial charge is 0.461 e. The lowest BCUT2D eigenvalue weighted by Gasteiger charge is -2.43. The summed E-state index contributed by atoms with van der Waals surface area (Å²) in [4.78, 5) is 19.1. The first kappa shape index (κ1) is 38.7. The van der Waals surface area contributed by atoms with Crippen LogP contribution in [0.2, 0.25) is 5.04 Å². The summed E-state index contributed by atoms with van der Waals surface area (Å²) in [6, 6.07) is 31.6. The lowest BCUT2D eigenvalue weighted by atomic mass is 9.95. The van der Waals surface area contributed by atoms with Crippen LogP contribution in [0, 0.1) is 17.6 Å². The number of nitrogens with zero attached hydrogens (tertiary/aromatic N) is 5. The average Bonchev–Trinajstić information content (AvgIpc) is 3.73. The van der Waals surface area contributed by atoms with E-state index in [0.717, 1.165) is 38.8 Å². The number of rotatable bonds is 10. The van der Waals surface area contributed by atoms with Crippen molar-refractivity contribution in [1.29, 1.82) is 0 Å². The molecule has 11 heteroatoms. The molecule has 300 valence electrons. The van der Waals surface area contributed by atoms with Crippen LogP contribution in [-0.2, 0) is 9.16 Å². The molecule has 6 aromatic rings. The Hall–Kier alpha value is -4.81. The third kappa shape index (κ3) is 6.95. The van der Waals surface area contributed by atoms with Gasteiger partial charge in [-0.3, -0.25) is 9.88 Å². The molecule has 9 rings (SSSR count). The van der Waals surface area contributed by atoms with Crippen LogP contribution in [0.1, 0.15) is 46.5 Å². The molecular weight excluding hydrogens is 749 g/mol. The van der Waals surface area contributed by atoms with E-state index in [1.807, 2.05) is 12.1 Å². The Morgan fingerprint density at radius 2 is 1.53 bits per heavy atom. The Balaban J connectivity index is 1.10. The summed E-state index contributed by atoms with van der Waals surface area (Å²) < 4.78 is 52.7. The molecule has 3 saturated heterocycles. The zero-order valence-electron chi connectivity index (χ0n) is 33.6. The highest BCUT2D eigenvalue weighted by Gasteiger charge is 2.50. The van der Waals surface area contributed by atoms with Crippen LogP contribution in [0.4, 0.5) is 14.6 Å². The van der Waals surface area contributed by atoms with Gasteiger partial charge in [0.25, 0.3) is 8.32 Å². The second-order valence-corrected chi connectivity index (χ2v) is 21.5. The van der Waals surface area contributed by atoms with Crippen LogP contribution in [-0.4, -0.2) is 86.3 Å². The van der Waals surface area contributed by atoms with Crippen LogP contribution in [0.5, 0.6) is 6.01 Å². The van der Waals surface area contributed by atoms with Gasteiger partial charge in [0, 0.05) is 42.8 Å². The van der Waals surface area contributed by atoms with Crippen molar-refractivity contribution in [2.45, 2.75) is 57.0 Å². The number of hydrogen-bond donors (Lipinski definition) is 0. The van der Waals surface area contributed by atoms with E-state index in [1.165, 1.54) is 16.4 Å².